The lowest BCUT2D eigenvalue weighted by molar-refractivity contribution is 0.377. The van der Waals surface area contributed by atoms with Gasteiger partial charge in [-0.1, -0.05) is 13.8 Å². The first kappa shape index (κ1) is 16.5. The van der Waals surface area contributed by atoms with Crippen LogP contribution in [0.2, 0.25) is 0 Å². The number of nitrogens with zero attached hydrogens (tertiary/aromatic N) is 3. The highest BCUT2D eigenvalue weighted by molar-refractivity contribution is 5.86. The zero-order chi connectivity index (χ0) is 18.1. The number of nitriles is 1. The zero-order valence-electron chi connectivity index (χ0n) is 14.1. The molecule has 0 fully saturated rings. The number of hydrogen-bond donors (Lipinski definition) is 1. The summed E-state index contributed by atoms with van der Waals surface area (Å²) in [6.45, 7) is 3.87. The number of hydrogen-bond acceptors (Lipinski definition) is 5. The SMILES string of the molecule is COc1c(O)ccc2c(=O)n(-c3ccc(C#N)cc3)c(C(C)C)nc12. The molecular weight excluding hydrogens is 318 g/mol. The standard InChI is InChI=1S/C19H17N3O3/c1-11(2)18-21-16-14(8-9-15(23)17(16)25-3)19(24)22(18)13-6-4-12(10-20)5-7-13/h4-9,11,23H,1-3H3. The summed E-state index contributed by atoms with van der Waals surface area (Å²) in [5.74, 6) is 0.627. The molecule has 0 spiro atoms. The molecule has 0 unspecified atom stereocenters. The fourth-order valence-electron chi connectivity index (χ4n) is 2.76. The van der Waals surface area contributed by atoms with E-state index in [1.165, 1.54) is 23.8 Å². The van der Waals surface area contributed by atoms with Crippen LogP contribution in [0.25, 0.3) is 16.6 Å². The molecule has 3 aromatic rings. The van der Waals surface area contributed by atoms with Gasteiger partial charge in [0, 0.05) is 5.92 Å². The van der Waals surface area contributed by atoms with Crippen molar-refractivity contribution in [1.82, 2.24) is 9.55 Å². The third-order valence-corrected chi connectivity index (χ3v) is 3.97. The Balaban J connectivity index is 2.40. The monoisotopic (exact) mass is 335 g/mol. The lowest BCUT2D eigenvalue weighted by atomic mass is 10.1. The maximum atomic E-state index is 13.1. The number of phenolic OH excluding ortho intramolecular Hbond substituents is 1. The summed E-state index contributed by atoms with van der Waals surface area (Å²) in [6.07, 6.45) is 0. The molecule has 0 amide bonds. The highest BCUT2D eigenvalue weighted by Crippen LogP contribution is 2.33. The van der Waals surface area contributed by atoms with Gasteiger partial charge >= 0.3 is 0 Å². The molecule has 1 aromatic heterocycles. The van der Waals surface area contributed by atoms with Crippen molar-refractivity contribution in [2.24, 2.45) is 0 Å². The second kappa shape index (κ2) is 6.29. The predicted molar refractivity (Wildman–Crippen MR) is 94.4 cm³/mol. The van der Waals surface area contributed by atoms with Crippen LogP contribution in [0.4, 0.5) is 0 Å². The summed E-state index contributed by atoms with van der Waals surface area (Å²) in [7, 11) is 1.43. The van der Waals surface area contributed by atoms with Crippen LogP contribution >= 0.6 is 0 Å². The van der Waals surface area contributed by atoms with Crippen LogP contribution in [0.1, 0.15) is 31.2 Å². The quantitative estimate of drug-likeness (QED) is 0.794. The van der Waals surface area contributed by atoms with Crippen molar-refractivity contribution in [3.8, 4) is 23.3 Å². The lowest BCUT2D eigenvalue weighted by Crippen LogP contribution is -2.24. The van der Waals surface area contributed by atoms with Gasteiger partial charge in [-0.05, 0) is 36.4 Å². The Morgan fingerprint density at radius 1 is 1.20 bits per heavy atom. The van der Waals surface area contributed by atoms with Crippen molar-refractivity contribution in [3.63, 3.8) is 0 Å². The van der Waals surface area contributed by atoms with Crippen LogP contribution in [0.5, 0.6) is 11.5 Å². The number of aromatic hydroxyl groups is 1. The van der Waals surface area contributed by atoms with Crippen molar-refractivity contribution in [2.45, 2.75) is 19.8 Å². The maximum absolute atomic E-state index is 13.1. The number of aromatic nitrogens is 2. The summed E-state index contributed by atoms with van der Waals surface area (Å²) in [4.78, 5) is 17.7. The van der Waals surface area contributed by atoms with Crippen molar-refractivity contribution in [1.29, 1.82) is 5.26 Å². The Morgan fingerprint density at radius 3 is 2.44 bits per heavy atom. The molecule has 6 nitrogen and oxygen atoms in total. The number of ether oxygens (including phenoxy) is 1. The molecular formula is C19H17N3O3. The van der Waals surface area contributed by atoms with Gasteiger partial charge < -0.3 is 9.84 Å². The second-order valence-electron chi connectivity index (χ2n) is 5.94. The van der Waals surface area contributed by atoms with E-state index in [2.05, 4.69) is 11.1 Å². The third-order valence-electron chi connectivity index (χ3n) is 3.97. The Morgan fingerprint density at radius 2 is 1.88 bits per heavy atom. The molecule has 0 aliphatic rings. The Labute approximate surface area is 144 Å². The summed E-state index contributed by atoms with van der Waals surface area (Å²) in [5.41, 5.74) is 1.23. The average molecular weight is 335 g/mol. The van der Waals surface area contributed by atoms with Crippen molar-refractivity contribution in [3.05, 3.63) is 58.1 Å². The molecule has 0 saturated carbocycles. The molecule has 1 heterocycles. The summed E-state index contributed by atoms with van der Waals surface area (Å²) in [5, 5.41) is 19.3. The Kier molecular flexibility index (Phi) is 4.15. The fourth-order valence-corrected chi connectivity index (χ4v) is 2.76. The van der Waals surface area contributed by atoms with E-state index in [0.29, 0.717) is 28.0 Å². The normalized spacial score (nSPS) is 10.8. The molecule has 2 aromatic carbocycles. The van der Waals surface area contributed by atoms with E-state index in [9.17, 15) is 9.90 Å². The molecule has 6 heteroatoms. The Hall–Kier alpha value is -3.33. The largest absolute Gasteiger partial charge is 0.504 e. The molecule has 3 rings (SSSR count). The topological polar surface area (TPSA) is 88.1 Å². The summed E-state index contributed by atoms with van der Waals surface area (Å²) < 4.78 is 6.76. The molecule has 0 aliphatic carbocycles. The van der Waals surface area contributed by atoms with Gasteiger partial charge in [0.1, 0.15) is 11.3 Å². The third kappa shape index (κ3) is 2.70. The molecule has 0 bridgehead atoms. The van der Waals surface area contributed by atoms with Gasteiger partial charge in [0.15, 0.2) is 11.5 Å². The van der Waals surface area contributed by atoms with Crippen LogP contribution in [0, 0.1) is 11.3 Å². The predicted octanol–water partition coefficient (Wildman–Crippen LogP) is 3.09. The minimum Gasteiger partial charge on any atom is -0.504 e. The molecule has 25 heavy (non-hydrogen) atoms. The van der Waals surface area contributed by atoms with Crippen LogP contribution in [-0.2, 0) is 0 Å². The molecule has 1 N–H and O–H groups in total. The van der Waals surface area contributed by atoms with E-state index < -0.39 is 0 Å². The van der Waals surface area contributed by atoms with Gasteiger partial charge in [0.25, 0.3) is 5.56 Å². The molecule has 126 valence electrons. The number of phenols is 1. The van der Waals surface area contributed by atoms with Gasteiger partial charge in [0.05, 0.1) is 29.8 Å². The van der Waals surface area contributed by atoms with Crippen molar-refractivity contribution < 1.29 is 9.84 Å². The van der Waals surface area contributed by atoms with Crippen LogP contribution in [-0.4, -0.2) is 21.8 Å². The van der Waals surface area contributed by atoms with Gasteiger partial charge in [-0.15, -0.1) is 0 Å². The van der Waals surface area contributed by atoms with Gasteiger partial charge in [-0.3, -0.25) is 9.36 Å². The number of benzene rings is 2. The first-order valence-electron chi connectivity index (χ1n) is 7.81. The van der Waals surface area contributed by atoms with Crippen LogP contribution in [0.3, 0.4) is 0 Å². The average Bonchev–Trinajstić information content (AvgIpc) is 2.61. The number of rotatable bonds is 3. The summed E-state index contributed by atoms with van der Waals surface area (Å²) in [6, 6.07) is 11.8. The van der Waals surface area contributed by atoms with E-state index in [1.54, 1.807) is 24.3 Å². The van der Waals surface area contributed by atoms with E-state index >= 15 is 0 Å². The molecule has 0 aliphatic heterocycles. The first-order chi connectivity index (χ1) is 12.0. The van der Waals surface area contributed by atoms with Gasteiger partial charge in [0.2, 0.25) is 0 Å². The van der Waals surface area contributed by atoms with E-state index in [4.69, 9.17) is 10.00 Å². The minimum absolute atomic E-state index is 0.0419. The highest BCUT2D eigenvalue weighted by atomic mass is 16.5. The second-order valence-corrected chi connectivity index (χ2v) is 5.94. The Bertz CT molecular complexity index is 1040. The van der Waals surface area contributed by atoms with E-state index in [0.717, 1.165) is 0 Å². The van der Waals surface area contributed by atoms with Gasteiger partial charge in [-0.25, -0.2) is 4.98 Å². The highest BCUT2D eigenvalue weighted by Gasteiger charge is 2.19. The van der Waals surface area contributed by atoms with Crippen molar-refractivity contribution in [2.75, 3.05) is 7.11 Å². The summed E-state index contributed by atoms with van der Waals surface area (Å²) >= 11 is 0. The van der Waals surface area contributed by atoms with Crippen LogP contribution < -0.4 is 10.3 Å². The molecule has 0 saturated heterocycles. The first-order valence-corrected chi connectivity index (χ1v) is 7.81. The van der Waals surface area contributed by atoms with E-state index in [-0.39, 0.29) is 23.0 Å². The van der Waals surface area contributed by atoms with Gasteiger partial charge in [-0.2, -0.15) is 5.26 Å². The van der Waals surface area contributed by atoms with E-state index in [1.807, 2.05) is 13.8 Å². The van der Waals surface area contributed by atoms with Crippen LogP contribution in [0.15, 0.2) is 41.2 Å². The molecule has 0 atom stereocenters. The number of methoxy groups -OCH3 is 1. The maximum Gasteiger partial charge on any atom is 0.266 e. The lowest BCUT2D eigenvalue weighted by Gasteiger charge is -2.17. The van der Waals surface area contributed by atoms with Crippen molar-refractivity contribution >= 4 is 10.9 Å². The zero-order valence-corrected chi connectivity index (χ0v) is 14.1. The molecule has 0 radical (unpaired) electrons. The fraction of sp³-hybridized carbons (Fsp3) is 0.211. The number of fused-ring (bicyclic) bond motifs is 1. The smallest absolute Gasteiger partial charge is 0.266 e. The minimum atomic E-state index is -0.253.